The van der Waals surface area contributed by atoms with Gasteiger partial charge in [0.25, 0.3) is 0 Å². The van der Waals surface area contributed by atoms with Crippen LogP contribution in [0, 0.1) is 0 Å². The van der Waals surface area contributed by atoms with Gasteiger partial charge >= 0.3 is 6.18 Å². The fraction of sp³-hybridized carbons (Fsp3) is 0.333. The number of aliphatic imine (C=N–C) groups is 1. The van der Waals surface area contributed by atoms with E-state index in [0.29, 0.717) is 12.3 Å². The molecular weight excluding hydrogens is 297 g/mol. The Bertz CT molecular complexity index is 729. The minimum absolute atomic E-state index is 0.0570. The molecule has 4 nitrogen and oxygen atoms in total. The minimum Gasteiger partial charge on any atom is -0.457 e. The molecule has 7 heteroatoms. The van der Waals surface area contributed by atoms with Crippen LogP contribution in [-0.2, 0) is 10.9 Å². The maximum Gasteiger partial charge on any atom is 0.417 e. The van der Waals surface area contributed by atoms with E-state index >= 15 is 0 Å². The van der Waals surface area contributed by atoms with Crippen molar-refractivity contribution in [3.05, 3.63) is 30.0 Å². The molecule has 1 aliphatic heterocycles. The van der Waals surface area contributed by atoms with E-state index in [1.54, 1.807) is 6.07 Å². The highest BCUT2D eigenvalue weighted by Gasteiger charge is 2.35. The zero-order valence-electron chi connectivity index (χ0n) is 11.7. The van der Waals surface area contributed by atoms with Gasteiger partial charge in [-0.1, -0.05) is 6.92 Å². The minimum atomic E-state index is -4.50. The molecule has 0 aliphatic carbocycles. The largest absolute Gasteiger partial charge is 0.457 e. The number of pyridine rings is 1. The summed E-state index contributed by atoms with van der Waals surface area (Å²) in [4.78, 5) is 8.11. The molecule has 1 aromatic heterocycles. The van der Waals surface area contributed by atoms with Crippen molar-refractivity contribution in [2.45, 2.75) is 25.8 Å². The third kappa shape index (κ3) is 2.64. The van der Waals surface area contributed by atoms with Crippen LogP contribution in [0.4, 0.5) is 18.9 Å². The number of aromatic nitrogens is 1. The van der Waals surface area contributed by atoms with Gasteiger partial charge < -0.3 is 9.47 Å². The third-order valence-electron chi connectivity index (χ3n) is 3.20. The van der Waals surface area contributed by atoms with Gasteiger partial charge in [0.2, 0.25) is 6.29 Å². The van der Waals surface area contributed by atoms with Gasteiger partial charge in [-0.15, -0.1) is 0 Å². The Kier molecular flexibility index (Phi) is 3.74. The van der Waals surface area contributed by atoms with Crippen molar-refractivity contribution in [3.63, 3.8) is 0 Å². The third-order valence-corrected chi connectivity index (χ3v) is 3.20. The predicted octanol–water partition coefficient (Wildman–Crippen LogP) is 4.10. The summed E-state index contributed by atoms with van der Waals surface area (Å²) in [5, 5.41) is -0.0885. The molecule has 0 saturated heterocycles. The van der Waals surface area contributed by atoms with Crippen molar-refractivity contribution in [2.75, 3.05) is 6.61 Å². The van der Waals surface area contributed by atoms with Crippen LogP contribution >= 0.6 is 0 Å². The van der Waals surface area contributed by atoms with Gasteiger partial charge in [-0.25, -0.2) is 0 Å². The second-order valence-corrected chi connectivity index (χ2v) is 4.80. The summed E-state index contributed by atoms with van der Waals surface area (Å²) < 4.78 is 50.7. The number of nitrogens with zero attached hydrogens (tertiary/aromatic N) is 2. The zero-order chi connectivity index (χ0) is 15.7. The van der Waals surface area contributed by atoms with Crippen LogP contribution in [-0.4, -0.2) is 24.1 Å². The molecule has 0 radical (unpaired) electrons. The lowest BCUT2D eigenvalue weighted by atomic mass is 10.1. The van der Waals surface area contributed by atoms with E-state index in [0.717, 1.165) is 18.7 Å². The average molecular weight is 310 g/mol. The number of ether oxygens (including phenoxy) is 2. The molecule has 3 rings (SSSR count). The topological polar surface area (TPSA) is 43.7 Å². The van der Waals surface area contributed by atoms with E-state index in [2.05, 4.69) is 9.98 Å². The van der Waals surface area contributed by atoms with Crippen LogP contribution in [0.2, 0.25) is 0 Å². The normalized spacial score (nSPS) is 17.4. The molecule has 1 aromatic carbocycles. The first-order chi connectivity index (χ1) is 10.5. The Hall–Kier alpha value is -2.15. The smallest absolute Gasteiger partial charge is 0.417 e. The maximum atomic E-state index is 13.2. The lowest BCUT2D eigenvalue weighted by Gasteiger charge is -2.23. The lowest BCUT2D eigenvalue weighted by molar-refractivity contribution is -0.136. The Morgan fingerprint density at radius 2 is 2.09 bits per heavy atom. The molecule has 0 bridgehead atoms. The van der Waals surface area contributed by atoms with E-state index in [1.807, 2.05) is 6.92 Å². The van der Waals surface area contributed by atoms with E-state index in [1.165, 1.54) is 12.3 Å². The summed E-state index contributed by atoms with van der Waals surface area (Å²) in [5.74, 6) is 0.0570. The van der Waals surface area contributed by atoms with Crippen molar-refractivity contribution < 1.29 is 22.6 Å². The molecule has 0 N–H and O–H groups in total. The number of halogens is 3. The first-order valence-corrected chi connectivity index (χ1v) is 6.82. The van der Waals surface area contributed by atoms with E-state index in [4.69, 9.17) is 9.47 Å². The second kappa shape index (κ2) is 5.57. The first kappa shape index (κ1) is 14.8. The Balaban J connectivity index is 2.14. The summed E-state index contributed by atoms with van der Waals surface area (Å²) in [5.41, 5.74) is -0.247. The summed E-state index contributed by atoms with van der Waals surface area (Å²) in [6.07, 6.45) is -1.95. The highest BCUT2D eigenvalue weighted by atomic mass is 19.4. The van der Waals surface area contributed by atoms with Gasteiger partial charge in [0.05, 0.1) is 29.3 Å². The van der Waals surface area contributed by atoms with Crippen LogP contribution in [0.25, 0.3) is 10.9 Å². The van der Waals surface area contributed by atoms with Crippen molar-refractivity contribution in [1.82, 2.24) is 4.98 Å². The summed E-state index contributed by atoms with van der Waals surface area (Å²) in [6, 6.07) is 4.01. The van der Waals surface area contributed by atoms with Gasteiger partial charge in [0.1, 0.15) is 5.69 Å². The van der Waals surface area contributed by atoms with Crippen LogP contribution in [0.15, 0.2) is 29.4 Å². The number of rotatable bonds is 3. The highest BCUT2D eigenvalue weighted by Crippen LogP contribution is 2.44. The molecule has 2 heterocycles. The predicted molar refractivity (Wildman–Crippen MR) is 75.6 cm³/mol. The molecule has 2 aromatic rings. The van der Waals surface area contributed by atoms with Crippen molar-refractivity contribution in [3.8, 4) is 5.75 Å². The van der Waals surface area contributed by atoms with Gasteiger partial charge in [-0.05, 0) is 24.6 Å². The van der Waals surface area contributed by atoms with Crippen molar-refractivity contribution in [2.24, 2.45) is 4.99 Å². The molecule has 0 amide bonds. The SMILES string of the molecule is CCCOC1C=Nc2ccc3nccc(C(F)(F)F)c3c2O1. The van der Waals surface area contributed by atoms with Gasteiger partial charge in [-0.2, -0.15) is 13.2 Å². The summed E-state index contributed by atoms with van der Waals surface area (Å²) in [7, 11) is 0. The van der Waals surface area contributed by atoms with Crippen LogP contribution in [0.3, 0.4) is 0 Å². The molecule has 0 spiro atoms. The zero-order valence-corrected chi connectivity index (χ0v) is 11.7. The van der Waals surface area contributed by atoms with E-state index < -0.39 is 18.0 Å². The molecule has 0 saturated carbocycles. The number of benzene rings is 1. The first-order valence-electron chi connectivity index (χ1n) is 6.82. The fourth-order valence-electron chi connectivity index (χ4n) is 2.26. The van der Waals surface area contributed by atoms with Crippen LogP contribution in [0.5, 0.6) is 5.75 Å². The lowest BCUT2D eigenvalue weighted by Crippen LogP contribution is -2.25. The van der Waals surface area contributed by atoms with Gasteiger partial charge in [0.15, 0.2) is 5.75 Å². The number of hydrogen-bond donors (Lipinski definition) is 0. The van der Waals surface area contributed by atoms with E-state index in [-0.39, 0.29) is 16.7 Å². The Morgan fingerprint density at radius 3 is 2.82 bits per heavy atom. The molecule has 22 heavy (non-hydrogen) atoms. The standard InChI is InChI=1S/C15H13F3N2O2/c1-2-7-21-12-8-20-11-4-3-10-13(14(11)22-12)9(5-6-19-10)15(16,17)18/h3-6,8,12H,2,7H2,1H3. The number of fused-ring (bicyclic) bond motifs is 3. The van der Waals surface area contributed by atoms with Crippen molar-refractivity contribution >= 4 is 22.8 Å². The average Bonchev–Trinajstić information content (AvgIpc) is 2.51. The van der Waals surface area contributed by atoms with Gasteiger partial charge in [-0.3, -0.25) is 9.98 Å². The Morgan fingerprint density at radius 1 is 1.27 bits per heavy atom. The highest BCUT2D eigenvalue weighted by molar-refractivity contribution is 5.95. The molecular formula is C15H13F3N2O2. The molecule has 1 aliphatic rings. The molecule has 116 valence electrons. The molecule has 1 atom stereocenters. The second-order valence-electron chi connectivity index (χ2n) is 4.80. The fourth-order valence-corrected chi connectivity index (χ4v) is 2.26. The Labute approximate surface area is 124 Å². The monoisotopic (exact) mass is 310 g/mol. The molecule has 1 unspecified atom stereocenters. The quantitative estimate of drug-likeness (QED) is 0.857. The van der Waals surface area contributed by atoms with Gasteiger partial charge in [0, 0.05) is 6.20 Å². The number of alkyl halides is 3. The van der Waals surface area contributed by atoms with Crippen LogP contribution in [0.1, 0.15) is 18.9 Å². The van der Waals surface area contributed by atoms with Crippen molar-refractivity contribution in [1.29, 1.82) is 0 Å². The summed E-state index contributed by atoms with van der Waals surface area (Å²) in [6.45, 7) is 2.36. The maximum absolute atomic E-state index is 13.2. The summed E-state index contributed by atoms with van der Waals surface area (Å²) >= 11 is 0. The van der Waals surface area contributed by atoms with E-state index in [9.17, 15) is 13.2 Å². The molecule has 0 fully saturated rings. The van der Waals surface area contributed by atoms with Crippen LogP contribution < -0.4 is 4.74 Å². The number of hydrogen-bond acceptors (Lipinski definition) is 4.